The molecule has 18 heavy (non-hydrogen) atoms. The molecule has 0 radical (unpaired) electrons. The smallest absolute Gasteiger partial charge is 0.165 e. The summed E-state index contributed by atoms with van der Waals surface area (Å²) in [4.78, 5) is 0. The highest BCUT2D eigenvalue weighted by molar-refractivity contribution is 7.99. The Bertz CT molecular complexity index is 365. The van der Waals surface area contributed by atoms with Crippen molar-refractivity contribution in [1.82, 2.24) is 25.5 Å². The van der Waals surface area contributed by atoms with Crippen molar-refractivity contribution in [2.45, 2.75) is 50.9 Å². The molecule has 2 rings (SSSR count). The Morgan fingerprint density at radius 3 is 3.00 bits per heavy atom. The van der Waals surface area contributed by atoms with E-state index in [9.17, 15) is 0 Å². The topological polar surface area (TPSA) is 55.6 Å². The monoisotopic (exact) mass is 269 g/mol. The summed E-state index contributed by atoms with van der Waals surface area (Å²) < 4.78 is 2.04. The summed E-state index contributed by atoms with van der Waals surface area (Å²) in [5.41, 5.74) is 0. The van der Waals surface area contributed by atoms with Crippen molar-refractivity contribution in [2.24, 2.45) is 5.92 Å². The number of thioether (sulfide) groups is 1. The van der Waals surface area contributed by atoms with Gasteiger partial charge in [0.05, 0.1) is 12.6 Å². The number of hydrogen-bond donors (Lipinski definition) is 1. The molecule has 0 aromatic carbocycles. The normalized spacial score (nSPS) is 24.0. The average Bonchev–Trinajstić information content (AvgIpc) is 2.95. The van der Waals surface area contributed by atoms with E-state index in [1.165, 1.54) is 19.3 Å². The number of nitrogens with zero attached hydrogens (tertiary/aromatic N) is 4. The van der Waals surface area contributed by atoms with Crippen molar-refractivity contribution in [2.75, 3.05) is 12.8 Å². The summed E-state index contributed by atoms with van der Waals surface area (Å²) in [5.74, 6) is 1.63. The maximum absolute atomic E-state index is 4.20. The summed E-state index contributed by atoms with van der Waals surface area (Å²) in [7, 11) is 0. The van der Waals surface area contributed by atoms with Crippen LogP contribution >= 0.6 is 11.8 Å². The number of rotatable bonds is 6. The molecule has 1 aromatic rings. The van der Waals surface area contributed by atoms with Crippen LogP contribution in [-0.4, -0.2) is 38.3 Å². The van der Waals surface area contributed by atoms with Crippen molar-refractivity contribution in [3.63, 3.8) is 0 Å². The molecular formula is C12H23N5S. The van der Waals surface area contributed by atoms with Crippen LogP contribution < -0.4 is 5.32 Å². The number of aromatic nitrogens is 4. The van der Waals surface area contributed by atoms with E-state index in [2.05, 4.69) is 40.9 Å². The van der Waals surface area contributed by atoms with E-state index < -0.39 is 0 Å². The average molecular weight is 269 g/mol. The summed E-state index contributed by atoms with van der Waals surface area (Å²) in [5, 5.41) is 16.3. The Morgan fingerprint density at radius 1 is 1.44 bits per heavy atom. The van der Waals surface area contributed by atoms with Gasteiger partial charge in [-0.05, 0) is 42.0 Å². The standard InChI is InChI=1S/C12H23N5S/c1-9(2)7-13-8-12-14-15-16-17(12)10-5-4-6-11(10)18-3/h9-11,13H,4-8H2,1-3H3. The van der Waals surface area contributed by atoms with Crippen LogP contribution in [0.25, 0.3) is 0 Å². The van der Waals surface area contributed by atoms with Crippen LogP contribution in [-0.2, 0) is 6.54 Å². The second kappa shape index (κ2) is 6.52. The minimum atomic E-state index is 0.478. The molecule has 5 nitrogen and oxygen atoms in total. The van der Waals surface area contributed by atoms with E-state index in [1.807, 2.05) is 16.4 Å². The van der Waals surface area contributed by atoms with Gasteiger partial charge >= 0.3 is 0 Å². The van der Waals surface area contributed by atoms with Gasteiger partial charge < -0.3 is 5.32 Å². The van der Waals surface area contributed by atoms with Crippen LogP contribution in [0.5, 0.6) is 0 Å². The maximum Gasteiger partial charge on any atom is 0.165 e. The van der Waals surface area contributed by atoms with Crippen molar-refractivity contribution >= 4 is 11.8 Å². The fourth-order valence-corrected chi connectivity index (χ4v) is 3.49. The van der Waals surface area contributed by atoms with Crippen molar-refractivity contribution in [3.8, 4) is 0 Å². The van der Waals surface area contributed by atoms with Crippen LogP contribution in [0.1, 0.15) is 45.0 Å². The zero-order chi connectivity index (χ0) is 13.0. The first kappa shape index (κ1) is 13.8. The Balaban J connectivity index is 1.98. The fraction of sp³-hybridized carbons (Fsp3) is 0.917. The van der Waals surface area contributed by atoms with Crippen molar-refractivity contribution < 1.29 is 0 Å². The molecule has 1 fully saturated rings. The third kappa shape index (κ3) is 3.23. The van der Waals surface area contributed by atoms with Gasteiger partial charge in [0.25, 0.3) is 0 Å². The third-order valence-electron chi connectivity index (χ3n) is 3.43. The largest absolute Gasteiger partial charge is 0.310 e. The lowest BCUT2D eigenvalue weighted by atomic mass is 10.2. The van der Waals surface area contributed by atoms with E-state index >= 15 is 0 Å². The molecule has 2 unspecified atom stereocenters. The Hall–Kier alpha value is -0.620. The number of nitrogens with one attached hydrogen (secondary N) is 1. The molecule has 102 valence electrons. The quantitative estimate of drug-likeness (QED) is 0.854. The van der Waals surface area contributed by atoms with Crippen molar-refractivity contribution in [3.05, 3.63) is 5.82 Å². The van der Waals surface area contributed by atoms with E-state index in [4.69, 9.17) is 0 Å². The molecule has 1 heterocycles. The highest BCUT2D eigenvalue weighted by Gasteiger charge is 2.30. The Kier molecular flexibility index (Phi) is 5.00. The molecule has 0 saturated heterocycles. The van der Waals surface area contributed by atoms with Crippen LogP contribution in [0.4, 0.5) is 0 Å². The van der Waals surface area contributed by atoms with Gasteiger partial charge in [-0.1, -0.05) is 20.3 Å². The lowest BCUT2D eigenvalue weighted by Crippen LogP contribution is -2.25. The van der Waals surface area contributed by atoms with Crippen molar-refractivity contribution in [1.29, 1.82) is 0 Å². The lowest BCUT2D eigenvalue weighted by Gasteiger charge is -2.18. The highest BCUT2D eigenvalue weighted by Crippen LogP contribution is 2.37. The molecule has 2 atom stereocenters. The minimum absolute atomic E-state index is 0.478. The molecule has 0 spiro atoms. The molecule has 1 saturated carbocycles. The van der Waals surface area contributed by atoms with E-state index in [0.29, 0.717) is 17.2 Å². The first-order chi connectivity index (χ1) is 8.72. The van der Waals surface area contributed by atoms with Gasteiger partial charge in [0, 0.05) is 5.25 Å². The molecular weight excluding hydrogens is 246 g/mol. The molecule has 1 N–H and O–H groups in total. The summed E-state index contributed by atoms with van der Waals surface area (Å²) in [6, 6.07) is 0.478. The second-order valence-corrected chi connectivity index (χ2v) is 6.41. The summed E-state index contributed by atoms with van der Waals surface area (Å²) in [6.07, 6.45) is 5.96. The minimum Gasteiger partial charge on any atom is -0.310 e. The van der Waals surface area contributed by atoms with Gasteiger partial charge in [-0.25, -0.2) is 4.68 Å². The van der Waals surface area contributed by atoms with E-state index in [-0.39, 0.29) is 0 Å². The van der Waals surface area contributed by atoms with Crippen LogP contribution in [0.3, 0.4) is 0 Å². The SMILES string of the molecule is CSC1CCCC1n1nnnc1CNCC(C)C. The number of hydrogen-bond acceptors (Lipinski definition) is 5. The molecule has 1 aromatic heterocycles. The molecule has 0 bridgehead atoms. The van der Waals surface area contributed by atoms with Gasteiger partial charge in [-0.2, -0.15) is 11.8 Å². The van der Waals surface area contributed by atoms with Gasteiger partial charge in [0.2, 0.25) is 0 Å². The fourth-order valence-electron chi connectivity index (χ4n) is 2.52. The zero-order valence-electron chi connectivity index (χ0n) is 11.5. The van der Waals surface area contributed by atoms with Gasteiger partial charge in [0.1, 0.15) is 0 Å². The Morgan fingerprint density at radius 2 is 2.28 bits per heavy atom. The molecule has 6 heteroatoms. The van der Waals surface area contributed by atoms with Crippen LogP contribution in [0, 0.1) is 5.92 Å². The van der Waals surface area contributed by atoms with Gasteiger partial charge in [0.15, 0.2) is 5.82 Å². The van der Waals surface area contributed by atoms with Crippen LogP contribution in [0.2, 0.25) is 0 Å². The zero-order valence-corrected chi connectivity index (χ0v) is 12.3. The molecule has 0 aliphatic heterocycles. The first-order valence-electron chi connectivity index (χ1n) is 6.72. The van der Waals surface area contributed by atoms with Gasteiger partial charge in [-0.15, -0.1) is 5.10 Å². The predicted molar refractivity (Wildman–Crippen MR) is 74.6 cm³/mol. The first-order valence-corrected chi connectivity index (χ1v) is 8.01. The molecule has 0 amide bonds. The van der Waals surface area contributed by atoms with Gasteiger partial charge in [-0.3, -0.25) is 0 Å². The lowest BCUT2D eigenvalue weighted by molar-refractivity contribution is 0.433. The molecule has 1 aliphatic carbocycles. The molecule has 1 aliphatic rings. The van der Waals surface area contributed by atoms with E-state index in [1.54, 1.807) is 0 Å². The number of tetrazole rings is 1. The summed E-state index contributed by atoms with van der Waals surface area (Å²) in [6.45, 7) is 6.18. The highest BCUT2D eigenvalue weighted by atomic mass is 32.2. The second-order valence-electron chi connectivity index (χ2n) is 5.34. The predicted octanol–water partition coefficient (Wildman–Crippen LogP) is 1.88. The summed E-state index contributed by atoms with van der Waals surface area (Å²) >= 11 is 1.94. The maximum atomic E-state index is 4.20. The third-order valence-corrected chi connectivity index (χ3v) is 4.59. The van der Waals surface area contributed by atoms with E-state index in [0.717, 1.165) is 18.9 Å². The van der Waals surface area contributed by atoms with Crippen LogP contribution in [0.15, 0.2) is 0 Å². The Labute approximate surface area is 113 Å².